The molecular weight excluding hydrogens is 224 g/mol. The van der Waals surface area contributed by atoms with E-state index in [-0.39, 0.29) is 5.91 Å². The normalized spacial score (nSPS) is 23.4. The number of hydrogen-bond donors (Lipinski definition) is 2. The molecule has 2 atom stereocenters. The van der Waals surface area contributed by atoms with Crippen LogP contribution in [-0.2, 0) is 4.79 Å². The van der Waals surface area contributed by atoms with Gasteiger partial charge in [-0.2, -0.15) is 0 Å². The van der Waals surface area contributed by atoms with Crippen LogP contribution < -0.4 is 11.1 Å². The third kappa shape index (κ3) is 3.62. The maximum absolute atomic E-state index is 11.7. The highest BCUT2D eigenvalue weighted by atomic mass is 16.1. The molecule has 0 saturated heterocycles. The highest BCUT2D eigenvalue weighted by molar-refractivity contribution is 5.92. The first kappa shape index (κ1) is 12.7. The van der Waals surface area contributed by atoms with Crippen molar-refractivity contribution in [2.45, 2.75) is 32.2 Å². The molecule has 3 N–H and O–H groups in total. The summed E-state index contributed by atoms with van der Waals surface area (Å²) in [6, 6.07) is 7.83. The van der Waals surface area contributed by atoms with Crippen molar-refractivity contribution in [3.05, 3.63) is 35.9 Å². The molecule has 0 aromatic heterocycles. The Morgan fingerprint density at radius 1 is 1.44 bits per heavy atom. The zero-order chi connectivity index (χ0) is 13.0. The number of benzene rings is 1. The van der Waals surface area contributed by atoms with Gasteiger partial charge in [0.1, 0.15) is 0 Å². The van der Waals surface area contributed by atoms with E-state index in [0.29, 0.717) is 11.7 Å². The van der Waals surface area contributed by atoms with Gasteiger partial charge in [-0.25, -0.2) is 0 Å². The minimum absolute atomic E-state index is 0.0171. The fourth-order valence-electron chi connectivity index (χ4n) is 2.42. The molecule has 3 heteroatoms. The van der Waals surface area contributed by atoms with Gasteiger partial charge in [-0.15, -0.1) is 0 Å². The van der Waals surface area contributed by atoms with E-state index < -0.39 is 0 Å². The first-order chi connectivity index (χ1) is 8.63. The average molecular weight is 244 g/mol. The summed E-state index contributed by atoms with van der Waals surface area (Å²) in [4.78, 5) is 11.7. The van der Waals surface area contributed by atoms with Gasteiger partial charge in [0.15, 0.2) is 0 Å². The molecule has 1 amide bonds. The van der Waals surface area contributed by atoms with Gasteiger partial charge in [0.2, 0.25) is 5.91 Å². The Morgan fingerprint density at radius 2 is 2.28 bits per heavy atom. The first-order valence-corrected chi connectivity index (χ1v) is 6.47. The Labute approximate surface area is 108 Å². The molecule has 0 spiro atoms. The van der Waals surface area contributed by atoms with Crippen LogP contribution in [0.1, 0.15) is 31.7 Å². The molecule has 96 valence electrons. The quantitative estimate of drug-likeness (QED) is 0.634. The fourth-order valence-corrected chi connectivity index (χ4v) is 2.42. The Kier molecular flexibility index (Phi) is 4.03. The predicted octanol–water partition coefficient (Wildman–Crippen LogP) is 2.59. The molecule has 2 unspecified atom stereocenters. The average Bonchev–Trinajstić information content (AvgIpc) is 2.72. The largest absolute Gasteiger partial charge is 0.399 e. The molecule has 2 rings (SSSR count). The Balaban J connectivity index is 1.87. The van der Waals surface area contributed by atoms with Gasteiger partial charge in [-0.3, -0.25) is 4.79 Å². The van der Waals surface area contributed by atoms with Crippen molar-refractivity contribution in [2.24, 2.45) is 5.92 Å². The number of carbonyl (C=O) groups excluding carboxylic acids is 1. The topological polar surface area (TPSA) is 55.1 Å². The summed E-state index contributed by atoms with van der Waals surface area (Å²) in [6.07, 6.45) is 6.78. The van der Waals surface area contributed by atoms with Crippen LogP contribution in [0.15, 0.2) is 30.3 Å². The van der Waals surface area contributed by atoms with Crippen molar-refractivity contribution in [3.63, 3.8) is 0 Å². The molecule has 0 bridgehead atoms. The van der Waals surface area contributed by atoms with E-state index in [9.17, 15) is 4.79 Å². The zero-order valence-corrected chi connectivity index (χ0v) is 10.7. The van der Waals surface area contributed by atoms with Crippen molar-refractivity contribution in [2.75, 3.05) is 5.73 Å². The number of hydrogen-bond acceptors (Lipinski definition) is 2. The maximum Gasteiger partial charge on any atom is 0.244 e. The van der Waals surface area contributed by atoms with Gasteiger partial charge in [0.25, 0.3) is 0 Å². The number of carbonyl (C=O) groups is 1. The monoisotopic (exact) mass is 244 g/mol. The van der Waals surface area contributed by atoms with Crippen LogP contribution in [0.3, 0.4) is 0 Å². The summed E-state index contributed by atoms with van der Waals surface area (Å²) in [5.74, 6) is 0.713. The van der Waals surface area contributed by atoms with Gasteiger partial charge in [0.05, 0.1) is 0 Å². The molecule has 1 aromatic carbocycles. The Morgan fingerprint density at radius 3 is 2.94 bits per heavy atom. The first-order valence-electron chi connectivity index (χ1n) is 6.47. The number of nitrogens with two attached hydrogens (primary N) is 1. The minimum Gasteiger partial charge on any atom is -0.399 e. The van der Waals surface area contributed by atoms with Gasteiger partial charge in [0, 0.05) is 17.8 Å². The van der Waals surface area contributed by atoms with Crippen LogP contribution in [0.2, 0.25) is 0 Å². The lowest BCUT2D eigenvalue weighted by atomic mass is 10.1. The van der Waals surface area contributed by atoms with E-state index in [1.165, 1.54) is 6.42 Å². The molecule has 0 radical (unpaired) electrons. The maximum atomic E-state index is 11.7. The second-order valence-electron chi connectivity index (χ2n) is 5.13. The van der Waals surface area contributed by atoms with Crippen molar-refractivity contribution in [1.82, 2.24) is 5.32 Å². The van der Waals surface area contributed by atoms with E-state index in [1.54, 1.807) is 12.2 Å². The lowest BCUT2D eigenvalue weighted by Gasteiger charge is -2.10. The molecular formula is C15H20N2O. The molecule has 0 heterocycles. The van der Waals surface area contributed by atoms with Crippen LogP contribution >= 0.6 is 0 Å². The van der Waals surface area contributed by atoms with E-state index in [0.717, 1.165) is 24.3 Å². The molecule has 1 aliphatic carbocycles. The summed E-state index contributed by atoms with van der Waals surface area (Å²) in [5.41, 5.74) is 7.34. The van der Waals surface area contributed by atoms with Crippen LogP contribution in [0.5, 0.6) is 0 Å². The highest BCUT2D eigenvalue weighted by Gasteiger charge is 2.21. The molecule has 18 heavy (non-hydrogen) atoms. The molecule has 0 aliphatic heterocycles. The summed E-state index contributed by atoms with van der Waals surface area (Å²) in [6.45, 7) is 2.23. The van der Waals surface area contributed by atoms with E-state index in [4.69, 9.17) is 5.73 Å². The van der Waals surface area contributed by atoms with Gasteiger partial charge >= 0.3 is 0 Å². The lowest BCUT2D eigenvalue weighted by molar-refractivity contribution is -0.117. The zero-order valence-electron chi connectivity index (χ0n) is 10.7. The van der Waals surface area contributed by atoms with Crippen molar-refractivity contribution >= 4 is 17.7 Å². The van der Waals surface area contributed by atoms with E-state index in [2.05, 4.69) is 12.2 Å². The molecule has 3 nitrogen and oxygen atoms in total. The molecule has 1 aliphatic rings. The third-order valence-electron chi connectivity index (χ3n) is 3.38. The number of amides is 1. The number of nitrogens with one attached hydrogen (secondary N) is 1. The summed E-state index contributed by atoms with van der Waals surface area (Å²) < 4.78 is 0. The van der Waals surface area contributed by atoms with Crippen LogP contribution in [0, 0.1) is 5.92 Å². The summed E-state index contributed by atoms with van der Waals surface area (Å²) in [5, 5.41) is 3.04. The van der Waals surface area contributed by atoms with E-state index >= 15 is 0 Å². The van der Waals surface area contributed by atoms with Gasteiger partial charge < -0.3 is 11.1 Å². The second-order valence-corrected chi connectivity index (χ2v) is 5.13. The molecule has 1 aromatic rings. The smallest absolute Gasteiger partial charge is 0.244 e. The number of rotatable bonds is 3. The van der Waals surface area contributed by atoms with Crippen molar-refractivity contribution in [1.29, 1.82) is 0 Å². The highest BCUT2D eigenvalue weighted by Crippen LogP contribution is 2.24. The Hall–Kier alpha value is -1.77. The number of nitrogen functional groups attached to an aromatic ring is 1. The lowest BCUT2D eigenvalue weighted by Crippen LogP contribution is -2.31. The van der Waals surface area contributed by atoms with Gasteiger partial charge in [-0.1, -0.05) is 19.1 Å². The van der Waals surface area contributed by atoms with Crippen LogP contribution in [0.25, 0.3) is 6.08 Å². The van der Waals surface area contributed by atoms with Crippen LogP contribution in [0.4, 0.5) is 5.69 Å². The van der Waals surface area contributed by atoms with E-state index in [1.807, 2.05) is 24.3 Å². The Bertz CT molecular complexity index is 454. The van der Waals surface area contributed by atoms with Crippen molar-refractivity contribution in [3.8, 4) is 0 Å². The van der Waals surface area contributed by atoms with Gasteiger partial charge in [-0.05, 0) is 49.0 Å². The second kappa shape index (κ2) is 5.71. The standard InChI is InChI=1S/C15H20N2O/c1-11-5-7-14(9-11)17-15(18)8-6-12-3-2-4-13(16)10-12/h2-4,6,8,10-11,14H,5,7,9,16H2,1H3,(H,17,18)/b8-6+. The minimum atomic E-state index is -0.0171. The predicted molar refractivity (Wildman–Crippen MR) is 74.8 cm³/mol. The molecule has 1 saturated carbocycles. The fraction of sp³-hybridized carbons (Fsp3) is 0.400. The van der Waals surface area contributed by atoms with Crippen molar-refractivity contribution < 1.29 is 4.79 Å². The summed E-state index contributed by atoms with van der Waals surface area (Å²) in [7, 11) is 0. The number of anilines is 1. The van der Waals surface area contributed by atoms with Crippen LogP contribution in [-0.4, -0.2) is 11.9 Å². The third-order valence-corrected chi connectivity index (χ3v) is 3.38. The molecule has 1 fully saturated rings. The summed E-state index contributed by atoms with van der Waals surface area (Å²) >= 11 is 0. The SMILES string of the molecule is CC1CCC(NC(=O)/C=C/c2cccc(N)c2)C1.